The molecule has 184 valence electrons. The van der Waals surface area contributed by atoms with E-state index >= 15 is 0 Å². The average molecular weight is 533 g/mol. The molecule has 2 unspecified atom stereocenters. The van der Waals surface area contributed by atoms with Gasteiger partial charge in [-0.05, 0) is 46.2 Å². The molecule has 1 fully saturated rings. The zero-order valence-electron chi connectivity index (χ0n) is 20.0. The highest BCUT2D eigenvalue weighted by molar-refractivity contribution is 8.93. The fourth-order valence-electron chi connectivity index (χ4n) is 3.93. The summed E-state index contributed by atoms with van der Waals surface area (Å²) in [6.45, 7) is 8.17. The standard InChI is InChI=1S/C26H32N2O5.BrH/c1-25(2,3)33-24(31)28-21(18-11-7-5-8-12-18)23(30)32-26(4,20-15-16-27-17-20)22(29)19-13-9-6-10-14-19;/h5-14,20-21,27H,15-17H2,1-4H3,(H,28,31);1H/t20-,21?,26?;/m1./s1. The van der Waals surface area contributed by atoms with E-state index < -0.39 is 29.3 Å². The number of esters is 1. The number of ketones is 1. The number of ether oxygens (including phenoxy) is 2. The van der Waals surface area contributed by atoms with Gasteiger partial charge in [0.2, 0.25) is 5.78 Å². The summed E-state index contributed by atoms with van der Waals surface area (Å²) in [5, 5.41) is 5.86. The van der Waals surface area contributed by atoms with Crippen LogP contribution in [0.3, 0.4) is 0 Å². The third-order valence-electron chi connectivity index (χ3n) is 5.67. The molecule has 2 N–H and O–H groups in total. The Kier molecular flexibility index (Phi) is 9.41. The third-order valence-corrected chi connectivity index (χ3v) is 5.67. The Bertz CT molecular complexity index is 972. The molecule has 34 heavy (non-hydrogen) atoms. The molecule has 0 bridgehead atoms. The number of carbonyl (C=O) groups excluding carboxylic acids is 3. The second-order valence-corrected chi connectivity index (χ2v) is 9.40. The van der Waals surface area contributed by atoms with Crippen LogP contribution in [0.1, 0.15) is 56.1 Å². The Balaban J connectivity index is 0.00000408. The Morgan fingerprint density at radius 2 is 1.53 bits per heavy atom. The van der Waals surface area contributed by atoms with Gasteiger partial charge in [0.25, 0.3) is 0 Å². The summed E-state index contributed by atoms with van der Waals surface area (Å²) in [6, 6.07) is 16.5. The monoisotopic (exact) mass is 532 g/mol. The van der Waals surface area contributed by atoms with Gasteiger partial charge in [-0.15, -0.1) is 17.0 Å². The first-order chi connectivity index (χ1) is 15.6. The van der Waals surface area contributed by atoms with E-state index in [1.54, 1.807) is 76.2 Å². The van der Waals surface area contributed by atoms with Gasteiger partial charge in [0, 0.05) is 18.0 Å². The van der Waals surface area contributed by atoms with E-state index in [2.05, 4.69) is 10.6 Å². The fourth-order valence-corrected chi connectivity index (χ4v) is 3.93. The lowest BCUT2D eigenvalue weighted by Gasteiger charge is -2.35. The van der Waals surface area contributed by atoms with Gasteiger partial charge >= 0.3 is 12.1 Å². The molecule has 0 aliphatic carbocycles. The van der Waals surface area contributed by atoms with Crippen LogP contribution >= 0.6 is 17.0 Å². The van der Waals surface area contributed by atoms with Gasteiger partial charge in [-0.1, -0.05) is 60.7 Å². The molecule has 1 saturated heterocycles. The highest BCUT2D eigenvalue weighted by Crippen LogP contribution is 2.33. The number of Topliss-reactive ketones (excluding diaryl/α,β-unsaturated/α-hetero) is 1. The first-order valence-corrected chi connectivity index (χ1v) is 11.2. The SMILES string of the molecule is Br.CC(C)(C)OC(=O)NC(C(=O)OC(C)(C(=O)c1ccccc1)[C@@H]1CCNC1)c1ccccc1. The van der Waals surface area contributed by atoms with Gasteiger partial charge < -0.3 is 20.1 Å². The summed E-state index contributed by atoms with van der Waals surface area (Å²) in [5.41, 5.74) is -1.13. The van der Waals surface area contributed by atoms with Gasteiger partial charge in [-0.3, -0.25) is 4.79 Å². The molecule has 2 aromatic rings. The van der Waals surface area contributed by atoms with Crippen molar-refractivity contribution in [3.8, 4) is 0 Å². The highest BCUT2D eigenvalue weighted by atomic mass is 79.9. The van der Waals surface area contributed by atoms with E-state index in [4.69, 9.17) is 9.47 Å². The summed E-state index contributed by atoms with van der Waals surface area (Å²) < 4.78 is 11.3. The van der Waals surface area contributed by atoms with Gasteiger partial charge in [0.15, 0.2) is 11.6 Å². The topological polar surface area (TPSA) is 93.7 Å². The third kappa shape index (κ3) is 6.90. The van der Waals surface area contributed by atoms with Crippen LogP contribution in [0.25, 0.3) is 0 Å². The Morgan fingerprint density at radius 1 is 0.941 bits per heavy atom. The number of rotatable bonds is 7. The van der Waals surface area contributed by atoms with E-state index in [9.17, 15) is 14.4 Å². The number of halogens is 1. The van der Waals surface area contributed by atoms with Crippen molar-refractivity contribution >= 4 is 34.8 Å². The lowest BCUT2D eigenvalue weighted by molar-refractivity contribution is -0.160. The molecule has 1 aliphatic rings. The molecule has 3 rings (SSSR count). The molecule has 1 amide bonds. The second-order valence-electron chi connectivity index (χ2n) is 9.40. The number of nitrogens with one attached hydrogen (secondary N) is 2. The van der Waals surface area contributed by atoms with E-state index in [1.807, 2.05) is 12.1 Å². The number of hydrogen-bond donors (Lipinski definition) is 2. The van der Waals surface area contributed by atoms with Crippen LogP contribution in [0.4, 0.5) is 4.79 Å². The minimum atomic E-state index is -1.40. The Hall–Kier alpha value is -2.71. The van der Waals surface area contributed by atoms with Crippen molar-refractivity contribution in [3.05, 3.63) is 71.8 Å². The molecule has 0 radical (unpaired) electrons. The summed E-state index contributed by atoms with van der Waals surface area (Å²) >= 11 is 0. The molecule has 1 heterocycles. The summed E-state index contributed by atoms with van der Waals surface area (Å²) in [5.74, 6) is -1.19. The van der Waals surface area contributed by atoms with Crippen molar-refractivity contribution < 1.29 is 23.9 Å². The molecule has 8 heteroatoms. The van der Waals surface area contributed by atoms with Crippen LogP contribution in [0.5, 0.6) is 0 Å². The van der Waals surface area contributed by atoms with Crippen molar-refractivity contribution in [2.45, 2.75) is 51.4 Å². The van der Waals surface area contributed by atoms with Crippen LogP contribution in [-0.4, -0.2) is 42.1 Å². The van der Waals surface area contributed by atoms with Crippen molar-refractivity contribution in [1.29, 1.82) is 0 Å². The highest BCUT2D eigenvalue weighted by Gasteiger charge is 2.47. The molecular weight excluding hydrogens is 500 g/mol. The zero-order chi connectivity index (χ0) is 24.1. The van der Waals surface area contributed by atoms with Gasteiger partial charge in [-0.2, -0.15) is 0 Å². The van der Waals surface area contributed by atoms with Crippen LogP contribution in [0, 0.1) is 5.92 Å². The molecule has 3 atom stereocenters. The van der Waals surface area contributed by atoms with E-state index in [0.29, 0.717) is 24.1 Å². The van der Waals surface area contributed by atoms with Gasteiger partial charge in [0.1, 0.15) is 5.60 Å². The summed E-state index contributed by atoms with van der Waals surface area (Å²) in [7, 11) is 0. The first-order valence-electron chi connectivity index (χ1n) is 11.2. The quantitative estimate of drug-likeness (QED) is 0.399. The Labute approximate surface area is 211 Å². The van der Waals surface area contributed by atoms with E-state index in [0.717, 1.165) is 6.54 Å². The molecule has 0 saturated carbocycles. The van der Waals surface area contributed by atoms with Crippen LogP contribution in [0.2, 0.25) is 0 Å². The second kappa shape index (κ2) is 11.6. The Morgan fingerprint density at radius 3 is 2.06 bits per heavy atom. The smallest absolute Gasteiger partial charge is 0.408 e. The van der Waals surface area contributed by atoms with Crippen molar-refractivity contribution in [1.82, 2.24) is 10.6 Å². The lowest BCUT2D eigenvalue weighted by atomic mass is 9.81. The number of amides is 1. The van der Waals surface area contributed by atoms with Crippen molar-refractivity contribution in [3.63, 3.8) is 0 Å². The zero-order valence-corrected chi connectivity index (χ0v) is 21.7. The van der Waals surface area contributed by atoms with Gasteiger partial charge in [0.05, 0.1) is 0 Å². The average Bonchev–Trinajstić information content (AvgIpc) is 3.32. The van der Waals surface area contributed by atoms with Crippen molar-refractivity contribution in [2.24, 2.45) is 5.92 Å². The molecule has 1 aliphatic heterocycles. The molecule has 7 nitrogen and oxygen atoms in total. The van der Waals surface area contributed by atoms with Crippen LogP contribution in [-0.2, 0) is 14.3 Å². The summed E-state index contributed by atoms with van der Waals surface area (Å²) in [6.07, 6.45) is -0.0513. The van der Waals surface area contributed by atoms with Crippen LogP contribution in [0.15, 0.2) is 60.7 Å². The first kappa shape index (κ1) is 27.5. The van der Waals surface area contributed by atoms with Crippen molar-refractivity contribution in [2.75, 3.05) is 13.1 Å². The predicted molar refractivity (Wildman–Crippen MR) is 135 cm³/mol. The van der Waals surface area contributed by atoms with E-state index in [-0.39, 0.29) is 28.7 Å². The van der Waals surface area contributed by atoms with Gasteiger partial charge in [-0.25, -0.2) is 9.59 Å². The molecule has 2 aromatic carbocycles. The number of alkyl carbamates (subject to hydrolysis) is 1. The number of carbonyl (C=O) groups is 3. The molecule has 0 spiro atoms. The normalized spacial score (nSPS) is 18.1. The summed E-state index contributed by atoms with van der Waals surface area (Å²) in [4.78, 5) is 39.5. The largest absolute Gasteiger partial charge is 0.449 e. The molecule has 0 aromatic heterocycles. The number of benzene rings is 2. The maximum absolute atomic E-state index is 13.5. The minimum Gasteiger partial charge on any atom is -0.449 e. The lowest BCUT2D eigenvalue weighted by Crippen LogP contribution is -2.50. The van der Waals surface area contributed by atoms with E-state index in [1.165, 1.54) is 0 Å². The minimum absolute atomic E-state index is 0. The maximum atomic E-state index is 13.5. The maximum Gasteiger partial charge on any atom is 0.408 e. The molecular formula is C26H33BrN2O5. The van der Waals surface area contributed by atoms with Crippen LogP contribution < -0.4 is 10.6 Å². The number of hydrogen-bond acceptors (Lipinski definition) is 6. The fraction of sp³-hybridized carbons (Fsp3) is 0.423. The predicted octanol–water partition coefficient (Wildman–Crippen LogP) is 4.62.